The molecule has 0 spiro atoms. The van der Waals surface area contributed by atoms with Crippen LogP contribution in [0.5, 0.6) is 0 Å². The second kappa shape index (κ2) is 5.91. The number of carbonyl (C=O) groups excluding carboxylic acids is 1. The number of benzene rings is 2. The fourth-order valence-electron chi connectivity index (χ4n) is 2.74. The van der Waals surface area contributed by atoms with Gasteiger partial charge in [0.15, 0.2) is 5.78 Å². The standard InChI is InChI=1S/C19H19NO3S/c1-4-19(21)17-12-20(18-11-14(3)7-10-16(17)18)24(22,23)15-8-5-13(2)6-9-15/h5-12H,4H2,1-3H3. The lowest BCUT2D eigenvalue weighted by Gasteiger charge is -2.08. The molecule has 2 aromatic carbocycles. The number of hydrogen-bond acceptors (Lipinski definition) is 3. The van der Waals surface area contributed by atoms with E-state index < -0.39 is 10.0 Å². The maximum absolute atomic E-state index is 13.0. The number of rotatable bonds is 4. The molecule has 1 aromatic heterocycles. The van der Waals surface area contributed by atoms with Crippen LogP contribution in [0.15, 0.2) is 53.6 Å². The number of ketones is 1. The maximum atomic E-state index is 13.0. The van der Waals surface area contributed by atoms with Gasteiger partial charge in [0.2, 0.25) is 0 Å². The van der Waals surface area contributed by atoms with Gasteiger partial charge in [-0.05, 0) is 37.6 Å². The Labute approximate surface area is 141 Å². The Balaban J connectivity index is 2.31. The Hall–Kier alpha value is -2.40. The molecule has 0 aliphatic carbocycles. The largest absolute Gasteiger partial charge is 0.294 e. The average Bonchev–Trinajstić information content (AvgIpc) is 2.94. The van der Waals surface area contributed by atoms with Crippen LogP contribution in [-0.4, -0.2) is 18.2 Å². The van der Waals surface area contributed by atoms with Crippen LogP contribution in [0.4, 0.5) is 0 Å². The molecule has 0 saturated carbocycles. The van der Waals surface area contributed by atoms with Crippen LogP contribution in [0, 0.1) is 13.8 Å². The molecule has 0 aliphatic rings. The Morgan fingerprint density at radius 3 is 2.25 bits per heavy atom. The van der Waals surface area contributed by atoms with Gasteiger partial charge < -0.3 is 0 Å². The topological polar surface area (TPSA) is 56.1 Å². The van der Waals surface area contributed by atoms with Crippen molar-refractivity contribution in [2.45, 2.75) is 32.1 Å². The van der Waals surface area contributed by atoms with E-state index in [4.69, 9.17) is 0 Å². The minimum absolute atomic E-state index is 0.0679. The fourth-order valence-corrected chi connectivity index (χ4v) is 4.10. The lowest BCUT2D eigenvalue weighted by atomic mass is 10.1. The van der Waals surface area contributed by atoms with Crippen molar-refractivity contribution in [3.05, 3.63) is 65.4 Å². The molecule has 0 fully saturated rings. The Morgan fingerprint density at radius 1 is 1.00 bits per heavy atom. The van der Waals surface area contributed by atoms with Crippen LogP contribution < -0.4 is 0 Å². The van der Waals surface area contributed by atoms with Crippen LogP contribution in [0.25, 0.3) is 10.9 Å². The summed E-state index contributed by atoms with van der Waals surface area (Å²) in [5.74, 6) is -0.0679. The smallest absolute Gasteiger partial charge is 0.268 e. The van der Waals surface area contributed by atoms with E-state index in [9.17, 15) is 13.2 Å². The number of carbonyl (C=O) groups is 1. The highest BCUT2D eigenvalue weighted by atomic mass is 32.2. The Morgan fingerprint density at radius 2 is 1.62 bits per heavy atom. The van der Waals surface area contributed by atoms with Crippen molar-refractivity contribution in [1.82, 2.24) is 3.97 Å². The summed E-state index contributed by atoms with van der Waals surface area (Å²) >= 11 is 0. The molecule has 0 N–H and O–H groups in total. The molecule has 0 aliphatic heterocycles. The summed E-state index contributed by atoms with van der Waals surface area (Å²) in [6, 6.07) is 12.2. The summed E-state index contributed by atoms with van der Waals surface area (Å²) in [6.07, 6.45) is 1.78. The van der Waals surface area contributed by atoms with Crippen molar-refractivity contribution in [2.75, 3.05) is 0 Å². The van der Waals surface area contributed by atoms with E-state index in [-0.39, 0.29) is 10.7 Å². The molecule has 24 heavy (non-hydrogen) atoms. The number of nitrogens with zero attached hydrogens (tertiary/aromatic N) is 1. The normalized spacial score (nSPS) is 11.8. The van der Waals surface area contributed by atoms with Gasteiger partial charge in [0.25, 0.3) is 10.0 Å². The van der Waals surface area contributed by atoms with E-state index in [0.29, 0.717) is 22.9 Å². The van der Waals surface area contributed by atoms with E-state index in [1.807, 2.05) is 26.0 Å². The highest BCUT2D eigenvalue weighted by Crippen LogP contribution is 2.28. The Bertz CT molecular complexity index is 1030. The van der Waals surface area contributed by atoms with Crippen LogP contribution in [0.1, 0.15) is 34.8 Å². The predicted molar refractivity (Wildman–Crippen MR) is 95.1 cm³/mol. The number of hydrogen-bond donors (Lipinski definition) is 0. The van der Waals surface area contributed by atoms with Gasteiger partial charge in [0, 0.05) is 23.6 Å². The maximum Gasteiger partial charge on any atom is 0.268 e. The summed E-state index contributed by atoms with van der Waals surface area (Å²) in [5, 5.41) is 0.670. The van der Waals surface area contributed by atoms with Crippen LogP contribution >= 0.6 is 0 Å². The zero-order chi connectivity index (χ0) is 17.5. The number of fused-ring (bicyclic) bond motifs is 1. The van der Waals surface area contributed by atoms with Gasteiger partial charge in [-0.15, -0.1) is 0 Å². The molecule has 3 rings (SSSR count). The average molecular weight is 341 g/mol. The predicted octanol–water partition coefficient (Wildman–Crippen LogP) is 4.09. The van der Waals surface area contributed by atoms with Crippen molar-refractivity contribution in [2.24, 2.45) is 0 Å². The van der Waals surface area contributed by atoms with E-state index in [1.165, 1.54) is 10.2 Å². The summed E-state index contributed by atoms with van der Waals surface area (Å²) in [7, 11) is -3.76. The summed E-state index contributed by atoms with van der Waals surface area (Å²) in [5.41, 5.74) is 2.91. The van der Waals surface area contributed by atoms with E-state index in [2.05, 4.69) is 0 Å². The summed E-state index contributed by atoms with van der Waals surface area (Å²) in [6.45, 7) is 5.58. The van der Waals surface area contributed by atoms with Gasteiger partial charge in [-0.25, -0.2) is 12.4 Å². The molecule has 0 radical (unpaired) electrons. The first kappa shape index (κ1) is 16.5. The molecule has 3 aromatic rings. The summed E-state index contributed by atoms with van der Waals surface area (Å²) < 4.78 is 27.3. The molecule has 124 valence electrons. The highest BCUT2D eigenvalue weighted by Gasteiger charge is 2.23. The van der Waals surface area contributed by atoms with Crippen LogP contribution in [-0.2, 0) is 10.0 Å². The minimum atomic E-state index is -3.76. The quantitative estimate of drug-likeness (QED) is 0.672. The molecular formula is C19H19NO3S. The summed E-state index contributed by atoms with van der Waals surface area (Å²) in [4.78, 5) is 12.4. The van der Waals surface area contributed by atoms with Gasteiger partial charge in [0.1, 0.15) is 0 Å². The third kappa shape index (κ3) is 2.65. The zero-order valence-corrected chi connectivity index (χ0v) is 14.7. The van der Waals surface area contributed by atoms with Gasteiger partial charge >= 0.3 is 0 Å². The zero-order valence-electron chi connectivity index (χ0n) is 13.9. The van der Waals surface area contributed by atoms with Gasteiger partial charge in [-0.1, -0.05) is 36.8 Å². The second-order valence-corrected chi connectivity index (χ2v) is 7.77. The van der Waals surface area contributed by atoms with Gasteiger partial charge in [0.05, 0.1) is 10.4 Å². The third-order valence-electron chi connectivity index (χ3n) is 4.13. The third-order valence-corrected chi connectivity index (χ3v) is 5.81. The molecule has 0 saturated heterocycles. The lowest BCUT2D eigenvalue weighted by Crippen LogP contribution is -2.12. The van der Waals surface area contributed by atoms with Gasteiger partial charge in [-0.2, -0.15) is 0 Å². The highest BCUT2D eigenvalue weighted by molar-refractivity contribution is 7.90. The molecule has 4 nitrogen and oxygen atoms in total. The molecule has 0 atom stereocenters. The van der Waals surface area contributed by atoms with Crippen molar-refractivity contribution in [1.29, 1.82) is 0 Å². The van der Waals surface area contributed by atoms with Crippen molar-refractivity contribution in [3.63, 3.8) is 0 Å². The molecule has 1 heterocycles. The van der Waals surface area contributed by atoms with Gasteiger partial charge in [-0.3, -0.25) is 4.79 Å². The lowest BCUT2D eigenvalue weighted by molar-refractivity contribution is 0.0989. The molecule has 5 heteroatoms. The first-order valence-electron chi connectivity index (χ1n) is 7.81. The van der Waals surface area contributed by atoms with Crippen molar-refractivity contribution < 1.29 is 13.2 Å². The van der Waals surface area contributed by atoms with E-state index >= 15 is 0 Å². The molecule has 0 amide bonds. The molecule has 0 unspecified atom stereocenters. The fraction of sp³-hybridized carbons (Fsp3) is 0.211. The number of Topliss-reactive ketones (excluding diaryl/α,β-unsaturated/α-hetero) is 1. The van der Waals surface area contributed by atoms with E-state index in [1.54, 1.807) is 37.3 Å². The molecular weight excluding hydrogens is 322 g/mol. The van der Waals surface area contributed by atoms with Crippen molar-refractivity contribution >= 4 is 26.7 Å². The Kier molecular flexibility index (Phi) is 4.05. The van der Waals surface area contributed by atoms with E-state index in [0.717, 1.165) is 11.1 Å². The minimum Gasteiger partial charge on any atom is -0.294 e. The van der Waals surface area contributed by atoms with Crippen LogP contribution in [0.3, 0.4) is 0 Å². The number of aryl methyl sites for hydroxylation is 2. The second-order valence-electron chi connectivity index (χ2n) is 5.95. The SMILES string of the molecule is CCC(=O)c1cn(S(=O)(=O)c2ccc(C)cc2)c2cc(C)ccc12. The van der Waals surface area contributed by atoms with Crippen molar-refractivity contribution in [3.8, 4) is 0 Å². The number of aromatic nitrogens is 1. The molecule has 0 bridgehead atoms. The first-order chi connectivity index (χ1) is 11.3. The monoisotopic (exact) mass is 341 g/mol. The first-order valence-corrected chi connectivity index (χ1v) is 9.25. The van der Waals surface area contributed by atoms with Crippen LogP contribution in [0.2, 0.25) is 0 Å².